The Kier molecular flexibility index (Phi) is 11.4. The van der Waals surface area contributed by atoms with Crippen molar-refractivity contribution in [1.82, 2.24) is 0 Å². The molecule has 0 atom stereocenters. The Morgan fingerprint density at radius 2 is 1.23 bits per heavy atom. The van der Waals surface area contributed by atoms with E-state index in [1.54, 1.807) is 13.8 Å². The van der Waals surface area contributed by atoms with Crippen molar-refractivity contribution in [2.24, 2.45) is 5.41 Å². The Morgan fingerprint density at radius 3 is 1.38 bits per heavy atom. The number of rotatable bonds is 4. The maximum atomic E-state index is 10.1. The third kappa shape index (κ3) is 12.4. The fraction of sp³-hybridized carbons (Fsp3) is 0.714. The molecular weight excluding hydrogens is 364 g/mol. The molecule has 0 rings (SSSR count). The molecule has 4 nitrogen and oxygen atoms in total. The number of carbonyl (C=O) groups is 2. The summed E-state index contributed by atoms with van der Waals surface area (Å²) < 4.78 is 0. The zero-order chi connectivity index (χ0) is 9.07. The molecule has 0 aromatic carbocycles. The minimum Gasteiger partial charge on any atom is -0.550 e. The quantitative estimate of drug-likeness (QED) is 0.549. The molecule has 13 heavy (non-hydrogen) atoms. The van der Waals surface area contributed by atoms with Crippen LogP contribution in [0.15, 0.2) is 0 Å². The largest absolute Gasteiger partial charge is 1.00 e. The predicted molar refractivity (Wildman–Crippen MR) is 33.0 cm³/mol. The van der Waals surface area contributed by atoms with E-state index in [4.69, 9.17) is 0 Å². The molecule has 0 bridgehead atoms. The van der Waals surface area contributed by atoms with Crippen LogP contribution in [0.1, 0.15) is 26.7 Å². The minimum absolute atomic E-state index is 0. The number of hydrogen-bond donors (Lipinski definition) is 0. The number of hydrogen-bond acceptors (Lipinski definition) is 4. The standard InChI is InChI=1S/C7H12O4.2Ag/c1-7(2,3-5(8)9)4-6(10)11;;/h3-4H2,1-2H3,(H,8,9)(H,10,11);;/q;2*+1/p-2. The van der Waals surface area contributed by atoms with E-state index in [1.807, 2.05) is 0 Å². The molecular formula is C7H10Ag2O4. The van der Waals surface area contributed by atoms with Crippen LogP contribution in [0.2, 0.25) is 0 Å². The van der Waals surface area contributed by atoms with Gasteiger partial charge in [-0.15, -0.1) is 0 Å². The number of carboxylic acids is 2. The summed E-state index contributed by atoms with van der Waals surface area (Å²) in [5, 5.41) is 20.1. The van der Waals surface area contributed by atoms with Crippen LogP contribution in [0, 0.1) is 5.41 Å². The summed E-state index contributed by atoms with van der Waals surface area (Å²) in [6.45, 7) is 3.08. The van der Waals surface area contributed by atoms with Gasteiger partial charge in [0.15, 0.2) is 0 Å². The van der Waals surface area contributed by atoms with Gasteiger partial charge in [-0.25, -0.2) is 0 Å². The Balaban J connectivity index is -0.000000500. The van der Waals surface area contributed by atoms with E-state index in [-0.39, 0.29) is 57.6 Å². The fourth-order valence-corrected chi connectivity index (χ4v) is 0.844. The summed E-state index contributed by atoms with van der Waals surface area (Å²) in [5.74, 6) is -2.48. The smallest absolute Gasteiger partial charge is 0.550 e. The summed E-state index contributed by atoms with van der Waals surface area (Å²) in [6, 6.07) is 0. The molecule has 0 aromatic heterocycles. The van der Waals surface area contributed by atoms with Crippen molar-refractivity contribution < 1.29 is 64.6 Å². The van der Waals surface area contributed by atoms with Crippen molar-refractivity contribution >= 4 is 11.9 Å². The molecule has 0 aromatic rings. The summed E-state index contributed by atoms with van der Waals surface area (Å²) in [7, 11) is 0. The van der Waals surface area contributed by atoms with Crippen LogP contribution in [-0.4, -0.2) is 11.9 Å². The van der Waals surface area contributed by atoms with Crippen molar-refractivity contribution in [3.63, 3.8) is 0 Å². The predicted octanol–water partition coefficient (Wildman–Crippen LogP) is -1.71. The van der Waals surface area contributed by atoms with Gasteiger partial charge in [0.05, 0.1) is 0 Å². The summed E-state index contributed by atoms with van der Waals surface area (Å²) in [5.41, 5.74) is -0.780. The molecule has 0 heterocycles. The van der Waals surface area contributed by atoms with Gasteiger partial charge < -0.3 is 19.8 Å². The van der Waals surface area contributed by atoms with Gasteiger partial charge in [0.1, 0.15) is 0 Å². The van der Waals surface area contributed by atoms with E-state index < -0.39 is 17.4 Å². The summed E-state index contributed by atoms with van der Waals surface area (Å²) in [4.78, 5) is 20.1. The van der Waals surface area contributed by atoms with Crippen LogP contribution >= 0.6 is 0 Å². The molecule has 0 N–H and O–H groups in total. The van der Waals surface area contributed by atoms with Gasteiger partial charge in [-0.3, -0.25) is 0 Å². The van der Waals surface area contributed by atoms with Crippen LogP contribution < -0.4 is 10.2 Å². The van der Waals surface area contributed by atoms with Crippen LogP contribution in [0.3, 0.4) is 0 Å². The minimum atomic E-state index is -1.24. The molecule has 6 heteroatoms. The van der Waals surface area contributed by atoms with Crippen LogP contribution in [-0.2, 0) is 54.3 Å². The van der Waals surface area contributed by atoms with E-state index in [2.05, 4.69) is 0 Å². The van der Waals surface area contributed by atoms with Gasteiger partial charge in [0, 0.05) is 11.9 Å². The molecule has 0 aliphatic rings. The zero-order valence-corrected chi connectivity index (χ0v) is 10.1. The van der Waals surface area contributed by atoms with Crippen molar-refractivity contribution in [3.05, 3.63) is 0 Å². The first kappa shape index (κ1) is 19.1. The Hall–Kier alpha value is 0.421. The van der Waals surface area contributed by atoms with Crippen LogP contribution in [0.25, 0.3) is 0 Å². The zero-order valence-electron chi connectivity index (χ0n) is 7.15. The molecule has 0 saturated heterocycles. The maximum absolute atomic E-state index is 10.1. The molecule has 0 amide bonds. The van der Waals surface area contributed by atoms with Gasteiger partial charge in [-0.05, 0) is 18.3 Å². The van der Waals surface area contributed by atoms with Gasteiger partial charge in [-0.2, -0.15) is 0 Å². The monoisotopic (exact) mass is 372 g/mol. The summed E-state index contributed by atoms with van der Waals surface area (Å²) >= 11 is 0. The first-order valence-electron chi connectivity index (χ1n) is 3.23. The van der Waals surface area contributed by atoms with E-state index in [0.29, 0.717) is 0 Å². The number of aliphatic carboxylic acids is 2. The molecule has 0 spiro atoms. The third-order valence-electron chi connectivity index (χ3n) is 1.25. The average Bonchev–Trinajstić information content (AvgIpc) is 1.53. The molecule has 0 aliphatic heterocycles. The van der Waals surface area contributed by atoms with E-state index in [0.717, 1.165) is 0 Å². The average molecular weight is 374 g/mol. The first-order chi connectivity index (χ1) is 4.83. The van der Waals surface area contributed by atoms with Gasteiger partial charge in [0.25, 0.3) is 0 Å². The Morgan fingerprint density at radius 1 is 1.00 bits per heavy atom. The van der Waals surface area contributed by atoms with Gasteiger partial charge in [-0.1, -0.05) is 13.8 Å². The van der Waals surface area contributed by atoms with E-state index >= 15 is 0 Å². The van der Waals surface area contributed by atoms with Gasteiger partial charge in [0.2, 0.25) is 0 Å². The number of carboxylic acid groups (broad SMARTS) is 2. The Labute approximate surface area is 108 Å². The Bertz CT molecular complexity index is 161. The molecule has 0 saturated carbocycles. The van der Waals surface area contributed by atoms with Crippen molar-refractivity contribution in [3.8, 4) is 0 Å². The third-order valence-corrected chi connectivity index (χ3v) is 1.25. The van der Waals surface area contributed by atoms with Gasteiger partial charge >= 0.3 is 44.8 Å². The molecule has 0 fully saturated rings. The molecule has 0 radical (unpaired) electrons. The second kappa shape index (κ2) is 7.79. The molecule has 0 aliphatic carbocycles. The molecule has 84 valence electrons. The number of carbonyl (C=O) groups excluding carboxylic acids is 2. The first-order valence-corrected chi connectivity index (χ1v) is 3.23. The fourth-order valence-electron chi connectivity index (χ4n) is 0.844. The van der Waals surface area contributed by atoms with Crippen LogP contribution in [0.5, 0.6) is 0 Å². The summed E-state index contributed by atoms with van der Waals surface area (Å²) in [6.07, 6.45) is -0.526. The van der Waals surface area contributed by atoms with E-state index in [9.17, 15) is 19.8 Å². The topological polar surface area (TPSA) is 80.3 Å². The van der Waals surface area contributed by atoms with Crippen molar-refractivity contribution in [2.45, 2.75) is 26.7 Å². The normalized spacial score (nSPS) is 9.38. The maximum Gasteiger partial charge on any atom is 1.00 e. The van der Waals surface area contributed by atoms with Crippen molar-refractivity contribution in [2.75, 3.05) is 0 Å². The SMILES string of the molecule is CC(C)(CC(=O)[O-])CC(=O)[O-].[Ag+].[Ag+]. The second-order valence-electron chi connectivity index (χ2n) is 3.26. The molecule has 0 unspecified atom stereocenters. The van der Waals surface area contributed by atoms with Crippen LogP contribution in [0.4, 0.5) is 0 Å². The van der Waals surface area contributed by atoms with Crippen molar-refractivity contribution in [1.29, 1.82) is 0 Å². The van der Waals surface area contributed by atoms with E-state index in [1.165, 1.54) is 0 Å². The second-order valence-corrected chi connectivity index (χ2v) is 3.26.